The van der Waals surface area contributed by atoms with Crippen molar-refractivity contribution in [1.82, 2.24) is 9.78 Å². The molecule has 84 valence electrons. The van der Waals surface area contributed by atoms with E-state index >= 15 is 0 Å². The van der Waals surface area contributed by atoms with Gasteiger partial charge in [-0.15, -0.1) is 0 Å². The first kappa shape index (κ1) is 10.7. The quantitative estimate of drug-likeness (QED) is 0.849. The monoisotopic (exact) mass is 215 g/mol. The number of nitrogens with one attached hydrogen (secondary N) is 1. The summed E-state index contributed by atoms with van der Waals surface area (Å²) in [6.07, 6.45) is 3.78. The molecule has 0 amide bonds. The van der Waals surface area contributed by atoms with Crippen LogP contribution in [0, 0.1) is 13.8 Å². The normalized spacial score (nSPS) is 10.4. The van der Waals surface area contributed by atoms with Crippen molar-refractivity contribution < 1.29 is 0 Å². The van der Waals surface area contributed by atoms with Crippen LogP contribution in [0.15, 0.2) is 36.7 Å². The molecule has 16 heavy (non-hydrogen) atoms. The van der Waals surface area contributed by atoms with Crippen molar-refractivity contribution in [3.63, 3.8) is 0 Å². The molecule has 0 saturated carbocycles. The zero-order valence-electron chi connectivity index (χ0n) is 9.77. The van der Waals surface area contributed by atoms with Crippen molar-refractivity contribution in [3.05, 3.63) is 47.8 Å². The van der Waals surface area contributed by atoms with Crippen LogP contribution in [0.3, 0.4) is 0 Å². The van der Waals surface area contributed by atoms with Gasteiger partial charge in [-0.2, -0.15) is 5.10 Å². The highest BCUT2D eigenvalue weighted by Gasteiger charge is 1.97. The molecule has 2 rings (SSSR count). The van der Waals surface area contributed by atoms with Gasteiger partial charge in [0.1, 0.15) is 0 Å². The molecule has 1 aromatic heterocycles. The van der Waals surface area contributed by atoms with Crippen molar-refractivity contribution >= 4 is 5.69 Å². The second-order valence-electron chi connectivity index (χ2n) is 4.01. The van der Waals surface area contributed by atoms with Gasteiger partial charge in [-0.05, 0) is 37.1 Å². The highest BCUT2D eigenvalue weighted by Crippen LogP contribution is 2.15. The Morgan fingerprint density at radius 2 is 2.19 bits per heavy atom. The lowest BCUT2D eigenvalue weighted by atomic mass is 10.1. The minimum Gasteiger partial charge on any atom is -0.383 e. The highest BCUT2D eigenvalue weighted by atomic mass is 15.3. The van der Waals surface area contributed by atoms with E-state index in [1.165, 1.54) is 16.8 Å². The molecular formula is C13H17N3. The predicted molar refractivity (Wildman–Crippen MR) is 66.6 cm³/mol. The van der Waals surface area contributed by atoms with Crippen molar-refractivity contribution in [2.45, 2.75) is 20.4 Å². The number of anilines is 1. The molecule has 0 spiro atoms. The van der Waals surface area contributed by atoms with Gasteiger partial charge in [0.05, 0.1) is 6.54 Å². The smallest absolute Gasteiger partial charge is 0.0582 e. The maximum absolute atomic E-state index is 4.16. The fourth-order valence-electron chi connectivity index (χ4n) is 1.66. The lowest BCUT2D eigenvalue weighted by Crippen LogP contribution is -2.11. The van der Waals surface area contributed by atoms with Gasteiger partial charge in [0.15, 0.2) is 0 Å². The predicted octanol–water partition coefficient (Wildman–Crippen LogP) is 2.61. The Morgan fingerprint density at radius 3 is 2.94 bits per heavy atom. The Balaban J connectivity index is 1.92. The van der Waals surface area contributed by atoms with Crippen molar-refractivity contribution in [1.29, 1.82) is 0 Å². The standard InChI is InChI=1S/C13H17N3/c1-11-4-5-12(2)13(10-11)14-7-9-16-8-3-6-15-16/h3-6,8,10,14H,7,9H2,1-2H3. The fourth-order valence-corrected chi connectivity index (χ4v) is 1.66. The maximum Gasteiger partial charge on any atom is 0.0582 e. The second-order valence-corrected chi connectivity index (χ2v) is 4.01. The van der Waals surface area contributed by atoms with Crippen LogP contribution in [0.4, 0.5) is 5.69 Å². The third-order valence-electron chi connectivity index (χ3n) is 2.61. The summed E-state index contributed by atoms with van der Waals surface area (Å²) >= 11 is 0. The topological polar surface area (TPSA) is 29.9 Å². The van der Waals surface area contributed by atoms with E-state index in [1.807, 2.05) is 16.9 Å². The Kier molecular flexibility index (Phi) is 3.25. The number of aromatic nitrogens is 2. The van der Waals surface area contributed by atoms with E-state index in [4.69, 9.17) is 0 Å². The lowest BCUT2D eigenvalue weighted by molar-refractivity contribution is 0.637. The molecule has 0 aliphatic rings. The minimum atomic E-state index is 0.889. The number of nitrogens with zero attached hydrogens (tertiary/aromatic N) is 2. The molecule has 2 aromatic rings. The minimum absolute atomic E-state index is 0.889. The Hall–Kier alpha value is -1.77. The zero-order chi connectivity index (χ0) is 11.4. The van der Waals surface area contributed by atoms with E-state index in [2.05, 4.69) is 42.5 Å². The van der Waals surface area contributed by atoms with Crippen LogP contribution in [-0.4, -0.2) is 16.3 Å². The molecule has 3 nitrogen and oxygen atoms in total. The molecule has 0 saturated heterocycles. The van der Waals surface area contributed by atoms with Gasteiger partial charge in [-0.3, -0.25) is 4.68 Å². The largest absolute Gasteiger partial charge is 0.383 e. The van der Waals surface area contributed by atoms with Gasteiger partial charge < -0.3 is 5.32 Å². The van der Waals surface area contributed by atoms with Gasteiger partial charge in [-0.1, -0.05) is 12.1 Å². The molecule has 0 fully saturated rings. The molecule has 0 radical (unpaired) electrons. The molecule has 0 bridgehead atoms. The van der Waals surface area contributed by atoms with E-state index in [-0.39, 0.29) is 0 Å². The third-order valence-corrected chi connectivity index (χ3v) is 2.61. The van der Waals surface area contributed by atoms with Gasteiger partial charge in [0.2, 0.25) is 0 Å². The first-order valence-electron chi connectivity index (χ1n) is 5.54. The molecule has 1 aromatic carbocycles. The van der Waals surface area contributed by atoms with Crippen LogP contribution < -0.4 is 5.32 Å². The zero-order valence-corrected chi connectivity index (χ0v) is 9.77. The summed E-state index contributed by atoms with van der Waals surface area (Å²) in [5.74, 6) is 0. The number of rotatable bonds is 4. The number of hydrogen-bond acceptors (Lipinski definition) is 2. The Labute approximate surface area is 96.1 Å². The van der Waals surface area contributed by atoms with Crippen LogP contribution >= 0.6 is 0 Å². The molecule has 0 unspecified atom stereocenters. The van der Waals surface area contributed by atoms with Crippen molar-refractivity contribution in [3.8, 4) is 0 Å². The average Bonchev–Trinajstić information content (AvgIpc) is 2.76. The summed E-state index contributed by atoms with van der Waals surface area (Å²) < 4.78 is 1.93. The summed E-state index contributed by atoms with van der Waals surface area (Å²) in [7, 11) is 0. The van der Waals surface area contributed by atoms with Crippen LogP contribution in [-0.2, 0) is 6.54 Å². The van der Waals surface area contributed by atoms with Gasteiger partial charge >= 0.3 is 0 Å². The van der Waals surface area contributed by atoms with Crippen molar-refractivity contribution in [2.75, 3.05) is 11.9 Å². The molecule has 1 heterocycles. The average molecular weight is 215 g/mol. The number of hydrogen-bond donors (Lipinski definition) is 1. The lowest BCUT2D eigenvalue weighted by Gasteiger charge is -2.10. The van der Waals surface area contributed by atoms with Gasteiger partial charge in [-0.25, -0.2) is 0 Å². The maximum atomic E-state index is 4.16. The molecule has 1 N–H and O–H groups in total. The summed E-state index contributed by atoms with van der Waals surface area (Å²) in [4.78, 5) is 0. The number of benzene rings is 1. The third kappa shape index (κ3) is 2.63. The highest BCUT2D eigenvalue weighted by molar-refractivity contribution is 5.52. The van der Waals surface area contributed by atoms with E-state index < -0.39 is 0 Å². The van der Waals surface area contributed by atoms with E-state index in [0.29, 0.717) is 0 Å². The molecular weight excluding hydrogens is 198 g/mol. The Bertz CT molecular complexity index is 446. The van der Waals surface area contributed by atoms with Crippen LogP contribution in [0.2, 0.25) is 0 Å². The first-order valence-corrected chi connectivity index (χ1v) is 5.54. The van der Waals surface area contributed by atoms with Crippen LogP contribution in [0.25, 0.3) is 0 Å². The van der Waals surface area contributed by atoms with Gasteiger partial charge in [0.25, 0.3) is 0 Å². The molecule has 3 heteroatoms. The molecule has 0 aliphatic heterocycles. The fraction of sp³-hybridized carbons (Fsp3) is 0.308. The second kappa shape index (κ2) is 4.84. The first-order chi connectivity index (χ1) is 7.75. The van der Waals surface area contributed by atoms with Crippen LogP contribution in [0.1, 0.15) is 11.1 Å². The summed E-state index contributed by atoms with van der Waals surface area (Å²) in [5.41, 5.74) is 3.78. The van der Waals surface area contributed by atoms with Gasteiger partial charge in [0, 0.05) is 24.6 Å². The van der Waals surface area contributed by atoms with Crippen molar-refractivity contribution in [2.24, 2.45) is 0 Å². The molecule has 0 atom stereocenters. The summed E-state index contributed by atoms with van der Waals surface area (Å²) in [6.45, 7) is 6.01. The van der Waals surface area contributed by atoms with E-state index in [0.717, 1.165) is 13.1 Å². The SMILES string of the molecule is Cc1ccc(C)c(NCCn2cccn2)c1. The van der Waals surface area contributed by atoms with E-state index in [1.54, 1.807) is 6.20 Å². The number of aryl methyl sites for hydroxylation is 2. The summed E-state index contributed by atoms with van der Waals surface area (Å²) in [6, 6.07) is 8.40. The van der Waals surface area contributed by atoms with Crippen LogP contribution in [0.5, 0.6) is 0 Å². The molecule has 0 aliphatic carbocycles. The summed E-state index contributed by atoms with van der Waals surface area (Å²) in [5, 5.41) is 7.60. The Morgan fingerprint density at radius 1 is 1.31 bits per heavy atom. The van der Waals surface area contributed by atoms with E-state index in [9.17, 15) is 0 Å².